The maximum absolute atomic E-state index is 8.36. The molecule has 0 radical (unpaired) electrons. The number of carbonyl (C=O) groups is 1. The Morgan fingerprint density at radius 1 is 1.19 bits per heavy atom. The summed E-state index contributed by atoms with van der Waals surface area (Å²) in [6.07, 6.45) is 7.48. The van der Waals surface area contributed by atoms with E-state index in [4.69, 9.17) is 20.4 Å². The largest absolute Gasteiger partial charge is 0.483 e. The quantitative estimate of drug-likeness (QED) is 0.373. The molecule has 0 atom stereocenters. The van der Waals surface area contributed by atoms with E-state index in [0.29, 0.717) is 18.4 Å². The molecular weight excluding hydrogens is 394 g/mol. The van der Waals surface area contributed by atoms with E-state index >= 15 is 0 Å². The van der Waals surface area contributed by atoms with Crippen molar-refractivity contribution in [2.75, 3.05) is 25.4 Å². The van der Waals surface area contributed by atoms with Crippen LogP contribution in [0.1, 0.15) is 49.3 Å². The number of aromatic amines is 1. The third-order valence-corrected chi connectivity index (χ3v) is 5.36. The average molecular weight is 426 g/mol. The second-order valence-electron chi connectivity index (χ2n) is 7.71. The first-order valence-electron chi connectivity index (χ1n) is 10.8. The predicted molar refractivity (Wildman–Crippen MR) is 121 cm³/mol. The minimum absolute atomic E-state index is 0.250. The van der Waals surface area contributed by atoms with E-state index in [2.05, 4.69) is 51.0 Å². The number of aromatic nitrogens is 3. The third kappa shape index (κ3) is 6.18. The third-order valence-electron chi connectivity index (χ3n) is 5.36. The number of likely N-dealkylation sites (tertiary alicyclic amines) is 1. The van der Waals surface area contributed by atoms with Gasteiger partial charge in [0.25, 0.3) is 6.47 Å². The van der Waals surface area contributed by atoms with Gasteiger partial charge in [0.15, 0.2) is 5.82 Å². The van der Waals surface area contributed by atoms with E-state index in [-0.39, 0.29) is 6.47 Å². The molecule has 0 bridgehead atoms. The molecule has 0 amide bonds. The Morgan fingerprint density at radius 3 is 2.55 bits per heavy atom. The molecule has 0 aliphatic carbocycles. The van der Waals surface area contributed by atoms with E-state index in [9.17, 15) is 0 Å². The number of unbranched alkanes of at least 4 members (excludes halogenated alkanes) is 1. The SMILES string of the molecule is CCCCOc1nc(N)c2[nH]cc(Cc3ccc(CN4CCCC4)cc3)c2n1.O=CO. The number of rotatable bonds is 8. The molecule has 0 unspecified atom stereocenters. The minimum Gasteiger partial charge on any atom is -0.483 e. The van der Waals surface area contributed by atoms with Gasteiger partial charge in [0.1, 0.15) is 11.0 Å². The molecule has 31 heavy (non-hydrogen) atoms. The number of hydrogen-bond donors (Lipinski definition) is 3. The van der Waals surface area contributed by atoms with Crippen LogP contribution in [0.25, 0.3) is 11.0 Å². The standard InChI is InChI=1S/C22H29N5O.CH2O2/c1-2-3-12-28-22-25-19-18(14-24-20(19)21(23)26-22)13-16-6-8-17(9-7-16)15-27-10-4-5-11-27;2-1-3/h6-9,14,24H,2-5,10-13,15H2,1H3,(H2,23,25,26);1H,(H,2,3). The topological polar surface area (TPSA) is 117 Å². The Kier molecular flexibility index (Phi) is 8.23. The van der Waals surface area contributed by atoms with Gasteiger partial charge >= 0.3 is 6.01 Å². The first-order chi connectivity index (χ1) is 15.1. The summed E-state index contributed by atoms with van der Waals surface area (Å²) in [5, 5.41) is 6.89. The van der Waals surface area contributed by atoms with Crippen molar-refractivity contribution in [3.63, 3.8) is 0 Å². The monoisotopic (exact) mass is 425 g/mol. The van der Waals surface area contributed by atoms with E-state index in [0.717, 1.165) is 42.4 Å². The molecule has 2 aromatic heterocycles. The van der Waals surface area contributed by atoms with Crippen LogP contribution in [0.4, 0.5) is 5.82 Å². The lowest BCUT2D eigenvalue weighted by molar-refractivity contribution is -0.122. The summed E-state index contributed by atoms with van der Waals surface area (Å²) < 4.78 is 5.67. The fraction of sp³-hybridized carbons (Fsp3) is 0.435. The van der Waals surface area contributed by atoms with Gasteiger partial charge in [0.2, 0.25) is 0 Å². The number of H-pyrrole nitrogens is 1. The van der Waals surface area contributed by atoms with Crippen LogP contribution in [-0.2, 0) is 17.8 Å². The number of nitrogens with zero attached hydrogens (tertiary/aromatic N) is 3. The summed E-state index contributed by atoms with van der Waals surface area (Å²) >= 11 is 0. The summed E-state index contributed by atoms with van der Waals surface area (Å²) in [4.78, 5) is 23.0. The van der Waals surface area contributed by atoms with E-state index < -0.39 is 0 Å². The Hall–Kier alpha value is -3.13. The van der Waals surface area contributed by atoms with Crippen LogP contribution in [0, 0.1) is 0 Å². The molecule has 166 valence electrons. The molecule has 1 aromatic carbocycles. The molecular formula is C23H31N5O3. The number of fused-ring (bicyclic) bond motifs is 1. The highest BCUT2D eigenvalue weighted by molar-refractivity contribution is 5.87. The van der Waals surface area contributed by atoms with Crippen molar-refractivity contribution < 1.29 is 14.6 Å². The number of anilines is 1. The van der Waals surface area contributed by atoms with Crippen LogP contribution < -0.4 is 10.5 Å². The number of ether oxygens (including phenoxy) is 1. The van der Waals surface area contributed by atoms with Gasteiger partial charge in [0.05, 0.1) is 6.61 Å². The van der Waals surface area contributed by atoms with Crippen LogP contribution in [0.3, 0.4) is 0 Å². The molecule has 3 heterocycles. The zero-order valence-electron chi connectivity index (χ0n) is 18.0. The lowest BCUT2D eigenvalue weighted by atomic mass is 10.0. The smallest absolute Gasteiger partial charge is 0.319 e. The number of nitrogens with two attached hydrogens (primary N) is 1. The number of benzene rings is 1. The summed E-state index contributed by atoms with van der Waals surface area (Å²) in [7, 11) is 0. The van der Waals surface area contributed by atoms with Crippen molar-refractivity contribution >= 4 is 23.3 Å². The van der Waals surface area contributed by atoms with Crippen LogP contribution in [0.2, 0.25) is 0 Å². The predicted octanol–water partition coefficient (Wildman–Crippen LogP) is 3.61. The maximum Gasteiger partial charge on any atom is 0.319 e. The van der Waals surface area contributed by atoms with Crippen molar-refractivity contribution in [1.82, 2.24) is 19.9 Å². The molecule has 8 nitrogen and oxygen atoms in total. The number of nitrogens with one attached hydrogen (secondary N) is 1. The summed E-state index contributed by atoms with van der Waals surface area (Å²) in [5.74, 6) is 0.434. The molecule has 4 rings (SSSR count). The molecule has 3 aromatic rings. The number of nitrogen functional groups attached to an aromatic ring is 1. The van der Waals surface area contributed by atoms with Crippen molar-refractivity contribution in [1.29, 1.82) is 0 Å². The highest BCUT2D eigenvalue weighted by Gasteiger charge is 2.14. The zero-order valence-corrected chi connectivity index (χ0v) is 18.0. The van der Waals surface area contributed by atoms with Gasteiger partial charge in [-0.2, -0.15) is 9.97 Å². The maximum atomic E-state index is 8.36. The highest BCUT2D eigenvalue weighted by Crippen LogP contribution is 2.25. The fourth-order valence-corrected chi connectivity index (χ4v) is 3.75. The second-order valence-corrected chi connectivity index (χ2v) is 7.71. The lowest BCUT2D eigenvalue weighted by Gasteiger charge is -2.14. The van der Waals surface area contributed by atoms with Gasteiger partial charge in [-0.25, -0.2) is 0 Å². The molecule has 4 N–H and O–H groups in total. The average Bonchev–Trinajstić information content (AvgIpc) is 3.41. The van der Waals surface area contributed by atoms with E-state index in [1.807, 2.05) is 6.20 Å². The molecule has 0 spiro atoms. The van der Waals surface area contributed by atoms with Crippen molar-refractivity contribution in [2.24, 2.45) is 0 Å². The minimum atomic E-state index is -0.250. The first-order valence-corrected chi connectivity index (χ1v) is 10.8. The van der Waals surface area contributed by atoms with Crippen LogP contribution in [-0.4, -0.2) is 51.1 Å². The Bertz CT molecular complexity index is 965. The van der Waals surface area contributed by atoms with Crippen LogP contribution in [0.15, 0.2) is 30.5 Å². The Morgan fingerprint density at radius 2 is 1.87 bits per heavy atom. The molecule has 8 heteroatoms. The van der Waals surface area contributed by atoms with Gasteiger partial charge in [0, 0.05) is 24.7 Å². The van der Waals surface area contributed by atoms with Crippen molar-refractivity contribution in [3.05, 3.63) is 47.2 Å². The fourth-order valence-electron chi connectivity index (χ4n) is 3.75. The summed E-state index contributed by atoms with van der Waals surface area (Å²) in [5.41, 5.74) is 11.5. The van der Waals surface area contributed by atoms with E-state index in [1.54, 1.807) is 0 Å². The molecule has 1 saturated heterocycles. The van der Waals surface area contributed by atoms with Crippen molar-refractivity contribution in [2.45, 2.75) is 45.6 Å². The zero-order chi connectivity index (χ0) is 22.1. The molecule has 1 aliphatic rings. The van der Waals surface area contributed by atoms with Crippen LogP contribution >= 0.6 is 0 Å². The normalized spacial score (nSPS) is 13.7. The molecule has 1 fully saturated rings. The molecule has 1 aliphatic heterocycles. The Balaban J connectivity index is 0.000000858. The van der Waals surface area contributed by atoms with Crippen molar-refractivity contribution in [3.8, 4) is 6.01 Å². The summed E-state index contributed by atoms with van der Waals surface area (Å²) in [6, 6.07) is 9.28. The number of hydrogen-bond acceptors (Lipinski definition) is 6. The lowest BCUT2D eigenvalue weighted by Crippen LogP contribution is -2.18. The summed E-state index contributed by atoms with van der Waals surface area (Å²) in [6.45, 7) is 5.99. The second kappa shape index (κ2) is 11.3. The van der Waals surface area contributed by atoms with Gasteiger partial charge in [-0.15, -0.1) is 0 Å². The van der Waals surface area contributed by atoms with Gasteiger partial charge in [-0.1, -0.05) is 37.6 Å². The first kappa shape index (κ1) is 22.6. The highest BCUT2D eigenvalue weighted by atomic mass is 16.5. The van der Waals surface area contributed by atoms with Gasteiger partial charge in [-0.05, 0) is 43.5 Å². The van der Waals surface area contributed by atoms with Gasteiger partial charge < -0.3 is 20.6 Å². The van der Waals surface area contributed by atoms with E-state index in [1.165, 1.54) is 37.1 Å². The molecule has 0 saturated carbocycles. The van der Waals surface area contributed by atoms with Crippen LogP contribution in [0.5, 0.6) is 6.01 Å². The Labute approximate surface area is 182 Å². The van der Waals surface area contributed by atoms with Gasteiger partial charge in [-0.3, -0.25) is 9.69 Å². The number of carboxylic acid groups (broad SMARTS) is 1.